The molecule has 0 radical (unpaired) electrons. The highest BCUT2D eigenvalue weighted by atomic mass is 32.2. The van der Waals surface area contributed by atoms with E-state index >= 15 is 0 Å². The first-order valence-electron chi connectivity index (χ1n) is 8.12. The second kappa shape index (κ2) is 7.46. The van der Waals surface area contributed by atoms with Crippen LogP contribution in [0.25, 0.3) is 0 Å². The van der Waals surface area contributed by atoms with Crippen LogP contribution >= 0.6 is 11.8 Å². The minimum Gasteiger partial charge on any atom is -0.496 e. The molecule has 0 aromatic heterocycles. The Hall–Kier alpha value is -2.55. The number of para-hydroxylation sites is 1. The number of hydrogen-bond donors (Lipinski definition) is 0. The average molecular weight is 414 g/mol. The number of Topliss-reactive ketones (excluding diaryl/α,β-unsaturated/α-hetero) is 2. The largest absolute Gasteiger partial charge is 0.496 e. The van der Waals surface area contributed by atoms with Crippen molar-refractivity contribution in [2.24, 2.45) is 0 Å². The van der Waals surface area contributed by atoms with E-state index in [1.165, 1.54) is 13.2 Å². The summed E-state index contributed by atoms with van der Waals surface area (Å²) >= 11 is -0.326. The molecule has 1 aliphatic heterocycles. The van der Waals surface area contributed by atoms with Gasteiger partial charge in [0.2, 0.25) is 0 Å². The van der Waals surface area contributed by atoms with Crippen molar-refractivity contribution in [1.29, 1.82) is 0 Å². The number of carbonyl (C=O) groups is 2. The number of ketones is 2. The zero-order chi connectivity index (χ0) is 20.5. The van der Waals surface area contributed by atoms with Gasteiger partial charge in [0.15, 0.2) is 11.6 Å². The Labute approximate surface area is 161 Å². The van der Waals surface area contributed by atoms with E-state index in [2.05, 4.69) is 4.74 Å². The van der Waals surface area contributed by atoms with E-state index in [0.29, 0.717) is 11.3 Å². The predicted molar refractivity (Wildman–Crippen MR) is 93.7 cm³/mol. The molecule has 1 heterocycles. The van der Waals surface area contributed by atoms with Crippen molar-refractivity contribution in [2.75, 3.05) is 7.11 Å². The highest BCUT2D eigenvalue weighted by molar-refractivity contribution is 8.00. The topological polar surface area (TPSA) is 52.6 Å². The number of thioether (sulfide) groups is 1. The van der Waals surface area contributed by atoms with Crippen LogP contribution in [0, 0.1) is 0 Å². The number of halogens is 4. The molecule has 28 heavy (non-hydrogen) atoms. The average Bonchev–Trinajstić information content (AvgIpc) is 2.65. The molecule has 4 nitrogen and oxygen atoms in total. The fourth-order valence-corrected chi connectivity index (χ4v) is 3.40. The molecule has 3 rings (SSSR count). The van der Waals surface area contributed by atoms with Gasteiger partial charge in [0.05, 0.1) is 17.6 Å². The second-order valence-electron chi connectivity index (χ2n) is 5.95. The summed E-state index contributed by atoms with van der Waals surface area (Å²) < 4.78 is 62.6. The quantitative estimate of drug-likeness (QED) is 0.480. The van der Waals surface area contributed by atoms with Gasteiger partial charge in [-0.15, -0.1) is 0 Å². The lowest BCUT2D eigenvalue weighted by atomic mass is 10.0. The van der Waals surface area contributed by atoms with Gasteiger partial charge in [0, 0.05) is 18.4 Å². The van der Waals surface area contributed by atoms with Gasteiger partial charge in [-0.05, 0) is 36.0 Å². The van der Waals surface area contributed by atoms with Gasteiger partial charge < -0.3 is 9.47 Å². The van der Waals surface area contributed by atoms with Gasteiger partial charge in [-0.25, -0.2) is 0 Å². The normalized spacial score (nSPS) is 16.6. The van der Waals surface area contributed by atoms with Gasteiger partial charge >= 0.3 is 11.4 Å². The molecule has 0 N–H and O–H groups in total. The van der Waals surface area contributed by atoms with Crippen molar-refractivity contribution in [1.82, 2.24) is 0 Å². The van der Waals surface area contributed by atoms with Gasteiger partial charge in [-0.2, -0.15) is 17.6 Å². The molecule has 0 fully saturated rings. The minimum absolute atomic E-state index is 0.00630. The van der Waals surface area contributed by atoms with E-state index in [9.17, 15) is 27.2 Å². The highest BCUT2D eigenvalue weighted by Crippen LogP contribution is 2.54. The first-order valence-corrected chi connectivity index (χ1v) is 8.93. The monoisotopic (exact) mass is 414 g/mol. The van der Waals surface area contributed by atoms with Gasteiger partial charge in [-0.1, -0.05) is 18.2 Å². The summed E-state index contributed by atoms with van der Waals surface area (Å²) in [4.78, 5) is 24.4. The lowest BCUT2D eigenvalue weighted by molar-refractivity contribution is -0.273. The van der Waals surface area contributed by atoms with Crippen molar-refractivity contribution in [3.8, 4) is 11.5 Å². The molecule has 148 valence electrons. The van der Waals surface area contributed by atoms with Crippen LogP contribution in [0.15, 0.2) is 47.4 Å². The van der Waals surface area contributed by atoms with Crippen molar-refractivity contribution >= 4 is 23.3 Å². The summed E-state index contributed by atoms with van der Waals surface area (Å²) in [5, 5.41) is -4.41. The molecule has 2 aromatic rings. The minimum atomic E-state index is -4.69. The van der Waals surface area contributed by atoms with Crippen molar-refractivity contribution in [2.45, 2.75) is 29.1 Å². The Balaban J connectivity index is 1.72. The Morgan fingerprint density at radius 3 is 2.43 bits per heavy atom. The molecule has 0 bridgehead atoms. The molecular formula is C19H14F4O4S. The summed E-state index contributed by atoms with van der Waals surface area (Å²) in [6.45, 7) is 0. The Kier molecular flexibility index (Phi) is 5.38. The van der Waals surface area contributed by atoms with Crippen LogP contribution in [0.4, 0.5) is 17.6 Å². The van der Waals surface area contributed by atoms with E-state index in [-0.39, 0.29) is 40.8 Å². The number of benzene rings is 2. The summed E-state index contributed by atoms with van der Waals surface area (Å²) in [7, 11) is 1.42. The van der Waals surface area contributed by atoms with Crippen molar-refractivity contribution in [3.05, 3.63) is 53.6 Å². The lowest BCUT2D eigenvalue weighted by Gasteiger charge is -2.31. The number of rotatable bonds is 6. The smallest absolute Gasteiger partial charge is 0.475 e. The summed E-state index contributed by atoms with van der Waals surface area (Å²) in [5.41, 5.74) is 0.318. The Morgan fingerprint density at radius 2 is 1.71 bits per heavy atom. The first-order chi connectivity index (χ1) is 13.1. The number of methoxy groups -OCH3 is 1. The Bertz CT molecular complexity index is 930. The third-order valence-corrected chi connectivity index (χ3v) is 5.12. The predicted octanol–water partition coefficient (Wildman–Crippen LogP) is 5.21. The third-order valence-electron chi connectivity index (χ3n) is 4.07. The summed E-state index contributed by atoms with van der Waals surface area (Å²) in [6.07, 6.45) is -5.00. The number of fused-ring (bicyclic) bond motifs is 1. The molecule has 0 unspecified atom stereocenters. The fraction of sp³-hybridized carbons (Fsp3) is 0.263. The third kappa shape index (κ3) is 3.84. The van der Waals surface area contributed by atoms with Crippen molar-refractivity contribution < 1.29 is 36.6 Å². The van der Waals surface area contributed by atoms with Crippen molar-refractivity contribution in [3.63, 3.8) is 0 Å². The van der Waals surface area contributed by atoms with Crippen LogP contribution in [0.1, 0.15) is 33.6 Å². The molecule has 1 aliphatic rings. The molecule has 0 saturated carbocycles. The van der Waals surface area contributed by atoms with Crippen LogP contribution in [0.3, 0.4) is 0 Å². The van der Waals surface area contributed by atoms with Crippen LogP contribution in [0.5, 0.6) is 11.5 Å². The van der Waals surface area contributed by atoms with Gasteiger partial charge in [0.1, 0.15) is 11.5 Å². The van der Waals surface area contributed by atoms with E-state index in [0.717, 1.165) is 12.1 Å². The maximum Gasteiger partial charge on any atom is 0.475 e. The lowest BCUT2D eigenvalue weighted by Crippen LogP contribution is -2.45. The Morgan fingerprint density at radius 1 is 1.04 bits per heavy atom. The zero-order valence-corrected chi connectivity index (χ0v) is 15.3. The maximum atomic E-state index is 13.4. The number of hydrogen-bond acceptors (Lipinski definition) is 5. The van der Waals surface area contributed by atoms with Crippen LogP contribution in [-0.2, 0) is 0 Å². The number of carbonyl (C=O) groups excluding carboxylic acids is 2. The molecule has 2 aromatic carbocycles. The fourth-order valence-electron chi connectivity index (χ4n) is 2.62. The molecule has 9 heteroatoms. The van der Waals surface area contributed by atoms with Gasteiger partial charge in [-0.3, -0.25) is 9.59 Å². The van der Waals surface area contributed by atoms with Crippen LogP contribution < -0.4 is 9.47 Å². The van der Waals surface area contributed by atoms with E-state index in [1.807, 2.05) is 0 Å². The SMILES string of the molecule is COc1ccccc1C(=O)CCC(=O)c1ccc2c(c1)OC(F)(F)C(F)(F)S2. The zero-order valence-electron chi connectivity index (χ0n) is 14.5. The molecule has 0 spiro atoms. The molecule has 0 amide bonds. The second-order valence-corrected chi connectivity index (χ2v) is 7.10. The standard InChI is InChI=1S/C19H14F4O4S/c1-26-15-5-3-2-4-12(15)14(25)8-7-13(24)11-6-9-17-16(10-11)27-18(20,21)19(22,23)28-17/h2-6,9-10H,7-8H2,1H3. The molecule has 0 atom stereocenters. The first kappa shape index (κ1) is 20.2. The van der Waals surface area contributed by atoms with E-state index < -0.39 is 22.9 Å². The van der Waals surface area contributed by atoms with E-state index in [4.69, 9.17) is 4.74 Å². The van der Waals surface area contributed by atoms with E-state index in [1.54, 1.807) is 24.3 Å². The van der Waals surface area contributed by atoms with Crippen LogP contribution in [0.2, 0.25) is 0 Å². The maximum absolute atomic E-state index is 13.4. The summed E-state index contributed by atoms with van der Waals surface area (Å²) in [6, 6.07) is 9.89. The number of alkyl halides is 4. The molecule has 0 aliphatic carbocycles. The molecular weight excluding hydrogens is 400 g/mol. The number of ether oxygens (including phenoxy) is 2. The summed E-state index contributed by atoms with van der Waals surface area (Å²) in [5.74, 6) is -0.938. The van der Waals surface area contributed by atoms with Gasteiger partial charge in [0.25, 0.3) is 0 Å². The highest BCUT2D eigenvalue weighted by Gasteiger charge is 2.63. The molecule has 0 saturated heterocycles. The van der Waals surface area contributed by atoms with Crippen LogP contribution in [-0.4, -0.2) is 30.0 Å².